The maximum absolute atomic E-state index is 13.2. The summed E-state index contributed by atoms with van der Waals surface area (Å²) in [6.07, 6.45) is 3.74. The third kappa shape index (κ3) is 5.20. The van der Waals surface area contributed by atoms with Crippen LogP contribution in [0.4, 0.5) is 0 Å². The van der Waals surface area contributed by atoms with Gasteiger partial charge in [-0.3, -0.25) is 14.5 Å². The lowest BCUT2D eigenvalue weighted by Gasteiger charge is -2.26. The quantitative estimate of drug-likeness (QED) is 0.666. The second kappa shape index (κ2) is 10.1. The number of amides is 1. The van der Waals surface area contributed by atoms with Crippen LogP contribution in [0.25, 0.3) is 10.9 Å². The molecule has 0 spiro atoms. The molecule has 2 N–H and O–H groups in total. The Bertz CT molecular complexity index is 1120. The molecule has 3 heterocycles. The molecule has 2 fully saturated rings. The van der Waals surface area contributed by atoms with Gasteiger partial charge in [0.2, 0.25) is 15.6 Å². The van der Waals surface area contributed by atoms with Crippen LogP contribution < -0.4 is 10.9 Å². The summed E-state index contributed by atoms with van der Waals surface area (Å²) in [5.74, 6) is -0.390. The Balaban J connectivity index is 1.58. The van der Waals surface area contributed by atoms with Gasteiger partial charge in [-0.05, 0) is 31.0 Å². The summed E-state index contributed by atoms with van der Waals surface area (Å²) < 4.78 is 33.3. The van der Waals surface area contributed by atoms with Crippen molar-refractivity contribution in [3.8, 4) is 0 Å². The zero-order valence-electron chi connectivity index (χ0n) is 18.1. The summed E-state index contributed by atoms with van der Waals surface area (Å²) >= 11 is 0. The smallest absolute Gasteiger partial charge is 0.252 e. The van der Waals surface area contributed by atoms with E-state index < -0.39 is 21.5 Å². The van der Waals surface area contributed by atoms with E-state index in [9.17, 15) is 18.0 Å². The molecular formula is C22H30N4O5S. The number of morpholine rings is 1. The maximum atomic E-state index is 13.2. The van der Waals surface area contributed by atoms with Crippen LogP contribution in [-0.2, 0) is 14.8 Å². The van der Waals surface area contributed by atoms with Gasteiger partial charge in [-0.1, -0.05) is 12.8 Å². The van der Waals surface area contributed by atoms with E-state index in [0.29, 0.717) is 50.3 Å². The topological polar surface area (TPSA) is 112 Å². The lowest BCUT2D eigenvalue weighted by molar-refractivity contribution is 0.0383. The van der Waals surface area contributed by atoms with Crippen LogP contribution in [0.3, 0.4) is 0 Å². The van der Waals surface area contributed by atoms with E-state index in [1.165, 1.54) is 22.5 Å². The van der Waals surface area contributed by atoms with Gasteiger partial charge >= 0.3 is 0 Å². The van der Waals surface area contributed by atoms with Gasteiger partial charge in [0, 0.05) is 56.2 Å². The van der Waals surface area contributed by atoms with Crippen molar-refractivity contribution in [2.45, 2.75) is 30.6 Å². The van der Waals surface area contributed by atoms with Gasteiger partial charge in [0.25, 0.3) is 5.91 Å². The molecule has 1 amide bonds. The normalized spacial score (nSPS) is 19.0. The van der Waals surface area contributed by atoms with E-state index in [4.69, 9.17) is 4.74 Å². The molecule has 0 unspecified atom stereocenters. The number of carbonyl (C=O) groups is 1. The second-order valence-electron chi connectivity index (χ2n) is 8.28. The summed E-state index contributed by atoms with van der Waals surface area (Å²) in [5, 5.41) is 3.28. The Morgan fingerprint density at radius 1 is 1.03 bits per heavy atom. The molecule has 2 saturated heterocycles. The van der Waals surface area contributed by atoms with Crippen molar-refractivity contribution in [1.29, 1.82) is 0 Å². The Morgan fingerprint density at radius 2 is 1.75 bits per heavy atom. The highest BCUT2D eigenvalue weighted by Gasteiger charge is 2.26. The SMILES string of the molecule is O=C(NCCN1CCOCC1)c1cc(=O)[nH]c2ccc(S(=O)(=O)N3CCCCCC3)cc12. The Labute approximate surface area is 187 Å². The van der Waals surface area contributed by atoms with Crippen LogP contribution in [0.15, 0.2) is 34.0 Å². The molecule has 1 aromatic carbocycles. The van der Waals surface area contributed by atoms with E-state index in [1.807, 2.05) is 0 Å². The van der Waals surface area contributed by atoms with E-state index in [2.05, 4.69) is 15.2 Å². The standard InChI is InChI=1S/C22H30N4O5S/c27-21-16-19(22(28)23-7-10-25-11-13-31-14-12-25)18-15-17(5-6-20(18)24-21)32(29,30)26-8-3-1-2-4-9-26/h5-6,15-16H,1-4,7-14H2,(H,23,28)(H,24,27). The number of aromatic nitrogens is 1. The lowest BCUT2D eigenvalue weighted by Crippen LogP contribution is -2.41. The predicted octanol–water partition coefficient (Wildman–Crippen LogP) is 1.15. The number of ether oxygens (including phenoxy) is 1. The lowest BCUT2D eigenvalue weighted by atomic mass is 10.1. The van der Waals surface area contributed by atoms with E-state index in [-0.39, 0.29) is 10.5 Å². The van der Waals surface area contributed by atoms with Gasteiger partial charge in [-0.15, -0.1) is 0 Å². The second-order valence-corrected chi connectivity index (χ2v) is 10.2. The molecule has 0 bridgehead atoms. The molecule has 2 aromatic rings. The number of rotatable bonds is 6. The van der Waals surface area contributed by atoms with Crippen LogP contribution in [0, 0.1) is 0 Å². The summed E-state index contributed by atoms with van der Waals surface area (Å²) in [7, 11) is -3.67. The zero-order chi connectivity index (χ0) is 22.6. The van der Waals surface area contributed by atoms with Crippen molar-refractivity contribution < 1.29 is 17.9 Å². The molecule has 0 saturated carbocycles. The van der Waals surface area contributed by atoms with Crippen molar-refractivity contribution in [3.05, 3.63) is 40.2 Å². The average molecular weight is 463 g/mol. The third-order valence-corrected chi connectivity index (χ3v) is 7.97. The van der Waals surface area contributed by atoms with E-state index in [1.54, 1.807) is 6.07 Å². The molecule has 0 radical (unpaired) electrons. The number of nitrogens with one attached hydrogen (secondary N) is 2. The number of hydrogen-bond acceptors (Lipinski definition) is 6. The first-order valence-electron chi connectivity index (χ1n) is 11.2. The number of carbonyl (C=O) groups excluding carboxylic acids is 1. The highest BCUT2D eigenvalue weighted by Crippen LogP contribution is 2.24. The maximum Gasteiger partial charge on any atom is 0.252 e. The predicted molar refractivity (Wildman–Crippen MR) is 121 cm³/mol. The molecule has 174 valence electrons. The molecule has 32 heavy (non-hydrogen) atoms. The number of pyridine rings is 1. The van der Waals surface area contributed by atoms with Crippen LogP contribution in [0.2, 0.25) is 0 Å². The minimum atomic E-state index is -3.67. The highest BCUT2D eigenvalue weighted by molar-refractivity contribution is 7.89. The molecular weight excluding hydrogens is 432 g/mol. The van der Waals surface area contributed by atoms with Gasteiger partial charge < -0.3 is 15.0 Å². The highest BCUT2D eigenvalue weighted by atomic mass is 32.2. The largest absolute Gasteiger partial charge is 0.379 e. The zero-order valence-corrected chi connectivity index (χ0v) is 19.0. The van der Waals surface area contributed by atoms with Gasteiger partial charge in [-0.2, -0.15) is 4.31 Å². The van der Waals surface area contributed by atoms with Gasteiger partial charge in [-0.25, -0.2) is 8.42 Å². The molecule has 0 aliphatic carbocycles. The number of benzene rings is 1. The van der Waals surface area contributed by atoms with Crippen molar-refractivity contribution >= 4 is 26.8 Å². The van der Waals surface area contributed by atoms with Gasteiger partial charge in [0.05, 0.1) is 23.7 Å². The summed E-state index contributed by atoms with van der Waals surface area (Å²) in [5.41, 5.74) is 0.211. The molecule has 2 aliphatic rings. The number of aromatic amines is 1. The molecule has 4 rings (SSSR count). The first-order valence-corrected chi connectivity index (χ1v) is 12.6. The fourth-order valence-electron chi connectivity index (χ4n) is 4.26. The van der Waals surface area contributed by atoms with Crippen LogP contribution in [-0.4, -0.2) is 81.0 Å². The van der Waals surface area contributed by atoms with Gasteiger partial charge in [0.15, 0.2) is 0 Å². The fraction of sp³-hybridized carbons (Fsp3) is 0.545. The van der Waals surface area contributed by atoms with Crippen molar-refractivity contribution in [1.82, 2.24) is 19.5 Å². The fourth-order valence-corrected chi connectivity index (χ4v) is 5.80. The first kappa shape index (κ1) is 22.9. The number of sulfonamides is 1. The van der Waals surface area contributed by atoms with Crippen LogP contribution in [0.1, 0.15) is 36.0 Å². The van der Waals surface area contributed by atoms with Gasteiger partial charge in [0.1, 0.15) is 0 Å². The summed E-state index contributed by atoms with van der Waals surface area (Å²) in [6, 6.07) is 5.79. The van der Waals surface area contributed by atoms with E-state index >= 15 is 0 Å². The molecule has 1 aromatic heterocycles. The first-order chi connectivity index (χ1) is 15.4. The van der Waals surface area contributed by atoms with Crippen molar-refractivity contribution in [2.24, 2.45) is 0 Å². The summed E-state index contributed by atoms with van der Waals surface area (Å²) in [6.45, 7) is 5.12. The number of fused-ring (bicyclic) bond motifs is 1. The molecule has 0 atom stereocenters. The Morgan fingerprint density at radius 3 is 2.47 bits per heavy atom. The Kier molecular flexibility index (Phi) is 7.24. The summed E-state index contributed by atoms with van der Waals surface area (Å²) in [4.78, 5) is 30.0. The van der Waals surface area contributed by atoms with E-state index in [0.717, 1.165) is 38.8 Å². The Hall–Kier alpha value is -2.27. The molecule has 2 aliphatic heterocycles. The minimum absolute atomic E-state index is 0.140. The monoisotopic (exact) mass is 462 g/mol. The van der Waals surface area contributed by atoms with Crippen molar-refractivity contribution in [3.63, 3.8) is 0 Å². The number of H-pyrrole nitrogens is 1. The third-order valence-electron chi connectivity index (χ3n) is 6.08. The number of nitrogens with zero attached hydrogens (tertiary/aromatic N) is 2. The van der Waals surface area contributed by atoms with Crippen molar-refractivity contribution in [2.75, 3.05) is 52.5 Å². The van der Waals surface area contributed by atoms with Crippen LogP contribution >= 0.6 is 0 Å². The number of hydrogen-bond donors (Lipinski definition) is 2. The molecule has 9 nitrogen and oxygen atoms in total. The van der Waals surface area contributed by atoms with Crippen LogP contribution in [0.5, 0.6) is 0 Å². The minimum Gasteiger partial charge on any atom is -0.379 e. The average Bonchev–Trinajstić information content (AvgIpc) is 3.09. The molecule has 10 heteroatoms.